The van der Waals surface area contributed by atoms with Gasteiger partial charge in [0.05, 0.1) is 38.8 Å². The van der Waals surface area contributed by atoms with E-state index in [2.05, 4.69) is 373 Å². The molecule has 6 heteroatoms. The molecule has 0 unspecified atom stereocenters. The Morgan fingerprint density at radius 3 is 0.971 bits per heavy atom. The van der Waals surface area contributed by atoms with Crippen LogP contribution in [0.2, 0.25) is 0 Å². The van der Waals surface area contributed by atoms with Crippen LogP contribution in [0.3, 0.4) is 0 Å². The number of nitrogens with zero attached hydrogens (tertiary/aromatic N) is 5. The molecule has 3 aromatic heterocycles. The summed E-state index contributed by atoms with van der Waals surface area (Å²) in [5.74, 6) is 0. The van der Waals surface area contributed by atoms with Crippen LogP contribution in [0, 0.1) is 0 Å². The Labute approximate surface area is 611 Å². The van der Waals surface area contributed by atoms with Crippen LogP contribution in [0.1, 0.15) is 130 Å². The summed E-state index contributed by atoms with van der Waals surface area (Å²) in [4.78, 5) is 5.27. The van der Waals surface area contributed by atoms with Crippen LogP contribution in [-0.4, -0.2) is 20.4 Å². The summed E-state index contributed by atoms with van der Waals surface area (Å²) in [6, 6.07) is 106. The quantitative estimate of drug-likeness (QED) is 0.148. The lowest BCUT2D eigenvalue weighted by molar-refractivity contribution is 0.332. The van der Waals surface area contributed by atoms with E-state index >= 15 is 0 Å². The number of fused-ring (bicyclic) bond motifs is 15. The largest absolute Gasteiger partial charge is 0.311 e. The third kappa shape index (κ3) is 9.32. The predicted molar refractivity (Wildman–Crippen MR) is 444 cm³/mol. The number of para-hydroxylation sites is 5. The molecular weight excluding hydrogens is 1260 g/mol. The van der Waals surface area contributed by atoms with Gasteiger partial charge >= 0.3 is 0 Å². The molecule has 2 aliphatic heterocycles. The molecule has 0 N–H and O–H groups in total. The Hall–Kier alpha value is -11.1. The first kappa shape index (κ1) is 62.7. The van der Waals surface area contributed by atoms with E-state index in [-0.39, 0.29) is 33.8 Å². The number of aromatic nitrogens is 3. The summed E-state index contributed by atoms with van der Waals surface area (Å²) in [6.45, 7) is 26.3. The minimum absolute atomic E-state index is 0.0493. The first-order valence-corrected chi connectivity index (χ1v) is 37.8. The molecular formula is C98H86BN5. The van der Waals surface area contributed by atoms with Crippen LogP contribution in [-0.2, 0) is 27.1 Å². The van der Waals surface area contributed by atoms with E-state index in [1.807, 2.05) is 0 Å². The lowest BCUT2D eigenvalue weighted by atomic mass is 9.33. The van der Waals surface area contributed by atoms with Crippen LogP contribution < -0.4 is 26.2 Å². The normalized spacial score (nSPS) is 16.1. The van der Waals surface area contributed by atoms with E-state index in [4.69, 9.17) is 0 Å². The minimum Gasteiger partial charge on any atom is -0.311 e. The molecule has 0 radical (unpaired) electrons. The molecule has 0 amide bonds. The lowest BCUT2D eigenvalue weighted by Gasteiger charge is -2.44. The van der Waals surface area contributed by atoms with Crippen LogP contribution in [0.25, 0.3) is 105 Å². The second-order valence-electron chi connectivity index (χ2n) is 34.2. The van der Waals surface area contributed by atoms with Crippen LogP contribution in [0.5, 0.6) is 0 Å². The van der Waals surface area contributed by atoms with Gasteiger partial charge in [0.1, 0.15) is 0 Å². The molecule has 104 heavy (non-hydrogen) atoms. The highest BCUT2D eigenvalue weighted by Crippen LogP contribution is 2.52. The number of hydrogen-bond acceptors (Lipinski definition) is 2. The molecule has 20 rings (SSSR count). The van der Waals surface area contributed by atoms with Crippen molar-refractivity contribution in [3.8, 4) is 39.3 Å². The zero-order valence-corrected chi connectivity index (χ0v) is 61.6. The molecule has 5 heterocycles. The Morgan fingerprint density at radius 1 is 0.269 bits per heavy atom. The molecule has 0 bridgehead atoms. The maximum atomic E-state index is 2.64. The van der Waals surface area contributed by atoms with Gasteiger partial charge in [-0.1, -0.05) is 246 Å². The first-order valence-electron chi connectivity index (χ1n) is 37.8. The molecule has 0 spiro atoms. The fraction of sp³-hybridized carbons (Fsp3) is 0.204. The molecule has 0 fully saturated rings. The second kappa shape index (κ2) is 22.2. The maximum absolute atomic E-state index is 2.64. The molecule has 0 atom stereocenters. The topological polar surface area (TPSA) is 21.3 Å². The predicted octanol–water partition coefficient (Wildman–Crippen LogP) is 24.4. The molecule has 16 aromatic rings. The van der Waals surface area contributed by atoms with E-state index in [0.717, 1.165) is 51.2 Å². The Bertz CT molecular complexity index is 5880. The molecule has 4 aliphatic rings. The summed E-state index contributed by atoms with van der Waals surface area (Å²) in [7, 11) is 0. The number of hydrogen-bond donors (Lipinski definition) is 0. The van der Waals surface area contributed by atoms with Crippen molar-refractivity contribution < 1.29 is 0 Å². The standard InChI is InChI=1S/C98H86BN5/c1-94(2,3)65-38-49-88-76(56-65)75-26-16-21-31-87(75)104(88)70-59-91-93-92(60-70)101(67-41-34-62(35-42-67)64-37-46-78-80(55-64)98(10,11)53-51-96(78,6)7)90-58-69(103-85-29-19-14-24-73(85)74-25-15-20-30-86(74)103)44-48-82(90)99(93)81-47-43-68(102-83-27-17-12-22-71(83)72-23-13-18-28-84(72)102)57-89(81)100(91)66-39-32-61(33-40-66)63-36-45-77-79(54-63)97(8,9)52-50-95(77,4)5/h12-49,54-60H,50-53H2,1-11H3. The lowest BCUT2D eigenvalue weighted by Crippen LogP contribution is -2.61. The zero-order chi connectivity index (χ0) is 70.7. The van der Waals surface area contributed by atoms with Crippen molar-refractivity contribution in [1.82, 2.24) is 13.7 Å². The second-order valence-corrected chi connectivity index (χ2v) is 34.2. The fourth-order valence-electron chi connectivity index (χ4n) is 19.2. The molecule has 0 saturated carbocycles. The fourth-order valence-corrected chi connectivity index (χ4v) is 19.2. The average molecular weight is 1340 g/mol. The van der Waals surface area contributed by atoms with Crippen molar-refractivity contribution in [3.63, 3.8) is 0 Å². The van der Waals surface area contributed by atoms with E-state index < -0.39 is 0 Å². The summed E-state index contributed by atoms with van der Waals surface area (Å²) >= 11 is 0. The van der Waals surface area contributed by atoms with Crippen molar-refractivity contribution in [2.24, 2.45) is 0 Å². The number of benzene rings is 13. The van der Waals surface area contributed by atoms with Crippen molar-refractivity contribution >= 4 is 123 Å². The third-order valence-corrected chi connectivity index (χ3v) is 25.1. The van der Waals surface area contributed by atoms with Gasteiger partial charge in [0.25, 0.3) is 6.71 Å². The van der Waals surface area contributed by atoms with E-state index in [1.165, 1.54) is 158 Å². The first-order chi connectivity index (χ1) is 50.2. The monoisotopic (exact) mass is 1340 g/mol. The molecule has 2 aliphatic carbocycles. The van der Waals surface area contributed by atoms with Crippen molar-refractivity contribution in [3.05, 3.63) is 301 Å². The Balaban J connectivity index is 0.879. The summed E-state index contributed by atoms with van der Waals surface area (Å²) in [6.07, 6.45) is 4.70. The summed E-state index contributed by atoms with van der Waals surface area (Å²) in [5.41, 5.74) is 33.5. The minimum atomic E-state index is -0.178. The van der Waals surface area contributed by atoms with E-state index in [1.54, 1.807) is 0 Å². The van der Waals surface area contributed by atoms with Crippen LogP contribution in [0.15, 0.2) is 273 Å². The van der Waals surface area contributed by atoms with Gasteiger partial charge in [-0.25, -0.2) is 0 Å². The number of rotatable bonds is 7. The van der Waals surface area contributed by atoms with Gasteiger partial charge in [0.15, 0.2) is 0 Å². The highest BCUT2D eigenvalue weighted by atomic mass is 15.2. The summed E-state index contributed by atoms with van der Waals surface area (Å²) < 4.78 is 7.56. The van der Waals surface area contributed by atoms with Crippen molar-refractivity contribution in [2.75, 3.05) is 9.80 Å². The molecule has 0 saturated heterocycles. The van der Waals surface area contributed by atoms with Gasteiger partial charge in [-0.3, -0.25) is 0 Å². The van der Waals surface area contributed by atoms with Crippen molar-refractivity contribution in [1.29, 1.82) is 0 Å². The highest BCUT2D eigenvalue weighted by Gasteiger charge is 2.45. The van der Waals surface area contributed by atoms with Gasteiger partial charge in [0.2, 0.25) is 0 Å². The zero-order valence-electron chi connectivity index (χ0n) is 61.6. The Morgan fingerprint density at radius 2 is 0.587 bits per heavy atom. The SMILES string of the molecule is CC(C)(C)c1ccc2c(c1)c1ccccc1n2-c1cc2c3c(c1)N(c1ccc(-c4ccc5c(c4)C(C)(C)CCC5(C)C)cc1)c1cc(-n4c5ccccc5c5ccccc54)ccc1B3c1ccc(-n3c4ccccc4c4ccccc43)cc1N2c1ccc(-c2ccc3c(c2)C(C)(C)CCC3(C)C)cc1. The van der Waals surface area contributed by atoms with Gasteiger partial charge in [-0.2, -0.15) is 0 Å². The van der Waals surface area contributed by atoms with Crippen LogP contribution in [0.4, 0.5) is 34.1 Å². The van der Waals surface area contributed by atoms with Crippen molar-refractivity contribution in [2.45, 2.75) is 129 Å². The van der Waals surface area contributed by atoms with E-state index in [0.29, 0.717) is 0 Å². The highest BCUT2D eigenvalue weighted by molar-refractivity contribution is 7.00. The van der Waals surface area contributed by atoms with Gasteiger partial charge in [0, 0.05) is 77.8 Å². The van der Waals surface area contributed by atoms with Gasteiger partial charge in [-0.05, 0) is 222 Å². The van der Waals surface area contributed by atoms with Crippen LogP contribution >= 0.6 is 0 Å². The molecule has 13 aromatic carbocycles. The van der Waals surface area contributed by atoms with Gasteiger partial charge < -0.3 is 23.5 Å². The number of anilines is 6. The summed E-state index contributed by atoms with van der Waals surface area (Å²) in [5, 5.41) is 7.46. The average Bonchev–Trinajstić information content (AvgIpc) is 0.872. The molecule has 5 nitrogen and oxygen atoms in total. The molecule has 506 valence electrons. The van der Waals surface area contributed by atoms with Gasteiger partial charge in [-0.15, -0.1) is 0 Å². The third-order valence-electron chi connectivity index (χ3n) is 25.1. The smallest absolute Gasteiger partial charge is 0.252 e. The maximum Gasteiger partial charge on any atom is 0.252 e. The Kier molecular flexibility index (Phi) is 13.4. The van der Waals surface area contributed by atoms with E-state index in [9.17, 15) is 0 Å².